The maximum atomic E-state index is 11.0. The van der Waals surface area contributed by atoms with Crippen molar-refractivity contribution in [3.63, 3.8) is 0 Å². The third-order valence-corrected chi connectivity index (χ3v) is 4.72. The van der Waals surface area contributed by atoms with Crippen molar-refractivity contribution in [2.75, 3.05) is 7.11 Å². The van der Waals surface area contributed by atoms with Gasteiger partial charge in [-0.25, -0.2) is 0 Å². The average molecular weight is 356 g/mol. The Morgan fingerprint density at radius 3 is 2.62 bits per heavy atom. The minimum absolute atomic E-state index is 0.166. The van der Waals surface area contributed by atoms with Crippen LogP contribution in [0.25, 0.3) is 0 Å². The summed E-state index contributed by atoms with van der Waals surface area (Å²) in [7, 11) is 1.68. The van der Waals surface area contributed by atoms with Crippen molar-refractivity contribution < 1.29 is 14.6 Å². The Balaban J connectivity index is 1.96. The number of methoxy groups -OCH3 is 1. The number of ether oxygens (including phenoxy) is 1. The molecule has 1 aromatic carbocycles. The molecule has 5 heteroatoms. The number of hydrogen-bond donors (Lipinski definition) is 2. The molecule has 1 saturated carbocycles. The Morgan fingerprint density at radius 1 is 1.38 bits per heavy atom. The first kappa shape index (κ1) is 16.3. The van der Waals surface area contributed by atoms with Gasteiger partial charge in [0.15, 0.2) is 0 Å². The molecule has 2 rings (SSSR count). The highest BCUT2D eigenvalue weighted by Crippen LogP contribution is 2.31. The summed E-state index contributed by atoms with van der Waals surface area (Å²) in [5.74, 6) is 0.0419. The van der Waals surface area contributed by atoms with Crippen LogP contribution in [-0.2, 0) is 4.79 Å². The molecule has 1 aliphatic rings. The van der Waals surface area contributed by atoms with Crippen molar-refractivity contribution in [3.05, 3.63) is 28.2 Å². The number of carbonyl (C=O) groups is 1. The lowest BCUT2D eigenvalue weighted by Crippen LogP contribution is -2.36. The fourth-order valence-electron chi connectivity index (χ4n) is 2.99. The van der Waals surface area contributed by atoms with Gasteiger partial charge in [-0.3, -0.25) is 4.79 Å². The Labute approximate surface area is 134 Å². The third kappa shape index (κ3) is 4.20. The molecular formula is C16H22BrNO3. The molecule has 0 amide bonds. The van der Waals surface area contributed by atoms with Crippen molar-refractivity contribution in [1.29, 1.82) is 0 Å². The smallest absolute Gasteiger partial charge is 0.306 e. The largest absolute Gasteiger partial charge is 0.496 e. The second-order valence-electron chi connectivity index (χ2n) is 5.66. The van der Waals surface area contributed by atoms with Crippen LogP contribution < -0.4 is 10.1 Å². The molecule has 1 unspecified atom stereocenters. The number of hydrogen-bond acceptors (Lipinski definition) is 3. The molecule has 0 aliphatic heterocycles. The molecule has 0 spiro atoms. The predicted molar refractivity (Wildman–Crippen MR) is 85.6 cm³/mol. The fraction of sp³-hybridized carbons (Fsp3) is 0.562. The number of nitrogens with one attached hydrogen (secondary N) is 1. The highest BCUT2D eigenvalue weighted by atomic mass is 79.9. The molecule has 0 bridgehead atoms. The van der Waals surface area contributed by atoms with Crippen molar-refractivity contribution in [2.24, 2.45) is 5.92 Å². The van der Waals surface area contributed by atoms with E-state index in [1.165, 1.54) is 0 Å². The van der Waals surface area contributed by atoms with Gasteiger partial charge in [-0.15, -0.1) is 0 Å². The summed E-state index contributed by atoms with van der Waals surface area (Å²) in [5, 5.41) is 12.6. The van der Waals surface area contributed by atoms with E-state index in [4.69, 9.17) is 9.84 Å². The summed E-state index contributed by atoms with van der Waals surface area (Å²) in [6, 6.07) is 6.60. The number of benzene rings is 1. The number of aliphatic carboxylic acids is 1. The Kier molecular flexibility index (Phi) is 5.65. The summed E-state index contributed by atoms with van der Waals surface area (Å²) < 4.78 is 6.43. The zero-order chi connectivity index (χ0) is 15.4. The molecular weight excluding hydrogens is 334 g/mol. The molecule has 1 atom stereocenters. The molecule has 116 valence electrons. The zero-order valence-corrected chi connectivity index (χ0v) is 14.0. The fourth-order valence-corrected chi connectivity index (χ4v) is 3.33. The van der Waals surface area contributed by atoms with E-state index in [2.05, 4.69) is 34.2 Å². The van der Waals surface area contributed by atoms with E-state index in [1.54, 1.807) is 7.11 Å². The second-order valence-corrected chi connectivity index (χ2v) is 6.58. The topological polar surface area (TPSA) is 58.6 Å². The number of rotatable bonds is 5. The van der Waals surface area contributed by atoms with E-state index >= 15 is 0 Å². The van der Waals surface area contributed by atoms with Crippen molar-refractivity contribution in [3.8, 4) is 5.75 Å². The highest BCUT2D eigenvalue weighted by molar-refractivity contribution is 9.10. The molecule has 0 aromatic heterocycles. The van der Waals surface area contributed by atoms with Gasteiger partial charge >= 0.3 is 5.97 Å². The van der Waals surface area contributed by atoms with Crippen LogP contribution in [0.3, 0.4) is 0 Å². The van der Waals surface area contributed by atoms with E-state index in [-0.39, 0.29) is 12.0 Å². The number of halogens is 1. The Morgan fingerprint density at radius 2 is 2.05 bits per heavy atom. The van der Waals surface area contributed by atoms with Gasteiger partial charge in [-0.1, -0.05) is 22.0 Å². The van der Waals surface area contributed by atoms with Gasteiger partial charge in [0, 0.05) is 22.1 Å². The number of carboxylic acids is 1. The van der Waals surface area contributed by atoms with Crippen LogP contribution in [0.2, 0.25) is 0 Å². The summed E-state index contributed by atoms with van der Waals surface area (Å²) in [5.41, 5.74) is 1.13. The molecule has 1 aromatic rings. The van der Waals surface area contributed by atoms with Gasteiger partial charge in [0.2, 0.25) is 0 Å². The van der Waals surface area contributed by atoms with Crippen LogP contribution in [0.1, 0.15) is 44.2 Å². The minimum Gasteiger partial charge on any atom is -0.496 e. The van der Waals surface area contributed by atoms with Crippen molar-refractivity contribution in [1.82, 2.24) is 5.32 Å². The summed E-state index contributed by atoms with van der Waals surface area (Å²) in [4.78, 5) is 11.0. The SMILES string of the molecule is COc1cc(Br)ccc1C(C)NC1CCC(C(=O)O)CC1. The molecule has 4 nitrogen and oxygen atoms in total. The molecule has 0 radical (unpaired) electrons. The van der Waals surface area contributed by atoms with E-state index in [9.17, 15) is 4.79 Å². The van der Waals surface area contributed by atoms with Gasteiger partial charge < -0.3 is 15.2 Å². The first-order valence-corrected chi connectivity index (χ1v) is 8.13. The highest BCUT2D eigenvalue weighted by Gasteiger charge is 2.27. The van der Waals surface area contributed by atoms with E-state index in [1.807, 2.05) is 12.1 Å². The third-order valence-electron chi connectivity index (χ3n) is 4.22. The lowest BCUT2D eigenvalue weighted by atomic mass is 9.85. The van der Waals surface area contributed by atoms with Gasteiger partial charge in [-0.2, -0.15) is 0 Å². The van der Waals surface area contributed by atoms with Crippen LogP contribution >= 0.6 is 15.9 Å². The van der Waals surface area contributed by atoms with Crippen LogP contribution in [0.5, 0.6) is 5.75 Å². The quantitative estimate of drug-likeness (QED) is 0.844. The van der Waals surface area contributed by atoms with Crippen LogP contribution in [-0.4, -0.2) is 24.2 Å². The molecule has 21 heavy (non-hydrogen) atoms. The van der Waals surface area contributed by atoms with Gasteiger partial charge in [0.25, 0.3) is 0 Å². The monoisotopic (exact) mass is 355 g/mol. The average Bonchev–Trinajstić information content (AvgIpc) is 2.47. The van der Waals surface area contributed by atoms with E-state index < -0.39 is 5.97 Å². The minimum atomic E-state index is -0.656. The maximum Gasteiger partial charge on any atom is 0.306 e. The summed E-state index contributed by atoms with van der Waals surface area (Å²) in [6.45, 7) is 2.12. The Hall–Kier alpha value is -1.07. The summed E-state index contributed by atoms with van der Waals surface area (Å²) in [6.07, 6.45) is 3.36. The normalized spacial score (nSPS) is 23.6. The van der Waals surface area contributed by atoms with Crippen LogP contribution in [0.15, 0.2) is 22.7 Å². The lowest BCUT2D eigenvalue weighted by Gasteiger charge is -2.30. The zero-order valence-electron chi connectivity index (χ0n) is 12.4. The first-order valence-electron chi connectivity index (χ1n) is 7.33. The Bertz CT molecular complexity index is 498. The van der Waals surface area contributed by atoms with Crippen LogP contribution in [0.4, 0.5) is 0 Å². The van der Waals surface area contributed by atoms with Crippen molar-refractivity contribution >= 4 is 21.9 Å². The second kappa shape index (κ2) is 7.27. The first-order chi connectivity index (χ1) is 10.0. The predicted octanol–water partition coefficient (Wildman–Crippen LogP) is 3.75. The van der Waals surface area contributed by atoms with Crippen LogP contribution in [0, 0.1) is 5.92 Å². The standard InChI is InChI=1S/C16H22BrNO3/c1-10(14-8-5-12(17)9-15(14)21-2)18-13-6-3-11(4-7-13)16(19)20/h5,8-11,13,18H,3-4,6-7H2,1-2H3,(H,19,20). The van der Waals surface area contributed by atoms with E-state index in [0.29, 0.717) is 6.04 Å². The molecule has 1 aliphatic carbocycles. The van der Waals surface area contributed by atoms with Gasteiger partial charge in [-0.05, 0) is 44.7 Å². The number of carboxylic acid groups (broad SMARTS) is 1. The lowest BCUT2D eigenvalue weighted by molar-refractivity contribution is -0.142. The van der Waals surface area contributed by atoms with Gasteiger partial charge in [0.05, 0.1) is 13.0 Å². The van der Waals surface area contributed by atoms with E-state index in [0.717, 1.165) is 41.5 Å². The molecule has 1 fully saturated rings. The molecule has 0 heterocycles. The maximum absolute atomic E-state index is 11.0. The summed E-state index contributed by atoms with van der Waals surface area (Å²) >= 11 is 3.45. The molecule has 0 saturated heterocycles. The van der Waals surface area contributed by atoms with Crippen molar-refractivity contribution in [2.45, 2.75) is 44.7 Å². The molecule has 2 N–H and O–H groups in total. The van der Waals surface area contributed by atoms with Gasteiger partial charge in [0.1, 0.15) is 5.75 Å².